The first-order valence-electron chi connectivity index (χ1n) is 7.32. The van der Waals surface area contributed by atoms with Crippen LogP contribution >= 0.6 is 12.4 Å². The molecule has 2 saturated heterocycles. The molecular weight excluding hydrogens is 248 g/mol. The Kier molecular flexibility index (Phi) is 3.31. The molecule has 4 aliphatic rings. The van der Waals surface area contributed by atoms with E-state index in [1.807, 2.05) is 0 Å². The highest BCUT2D eigenvalue weighted by atomic mass is 35.5. The molecule has 3 nitrogen and oxygen atoms in total. The average Bonchev–Trinajstić information content (AvgIpc) is 3.21. The van der Waals surface area contributed by atoms with Crippen LogP contribution in [0.4, 0.5) is 0 Å². The number of likely N-dealkylation sites (tertiary alicyclic amines) is 1. The standard InChI is InChI=1S/C14H22N2O.ClH/c17-14(13(9-1-2-9)10-3-4-10)16-7-11-5-15-6-12(11)8-16;/h9-13,15H,1-8H2;1H/t11-,12+;. The predicted octanol–water partition coefficient (Wildman–Crippen LogP) is 1.52. The zero-order valence-electron chi connectivity index (χ0n) is 10.8. The van der Waals surface area contributed by atoms with Gasteiger partial charge in [-0.3, -0.25) is 4.79 Å². The van der Waals surface area contributed by atoms with Crippen LogP contribution in [-0.4, -0.2) is 37.0 Å². The molecule has 4 fully saturated rings. The molecule has 0 bridgehead atoms. The highest BCUT2D eigenvalue weighted by molar-refractivity contribution is 5.85. The molecule has 18 heavy (non-hydrogen) atoms. The van der Waals surface area contributed by atoms with Crippen molar-refractivity contribution in [3.63, 3.8) is 0 Å². The summed E-state index contributed by atoms with van der Waals surface area (Å²) in [5.74, 6) is 3.95. The van der Waals surface area contributed by atoms with E-state index in [0.29, 0.717) is 11.8 Å². The number of carbonyl (C=O) groups excluding carboxylic acids is 1. The molecule has 0 spiro atoms. The quantitative estimate of drug-likeness (QED) is 0.843. The summed E-state index contributed by atoms with van der Waals surface area (Å²) in [5, 5.41) is 3.45. The van der Waals surface area contributed by atoms with E-state index in [1.54, 1.807) is 0 Å². The third-order valence-corrected chi connectivity index (χ3v) is 5.25. The van der Waals surface area contributed by atoms with Gasteiger partial charge in [-0.25, -0.2) is 0 Å². The maximum Gasteiger partial charge on any atom is 0.226 e. The fourth-order valence-electron chi connectivity index (χ4n) is 3.95. The van der Waals surface area contributed by atoms with Gasteiger partial charge in [0.05, 0.1) is 0 Å². The maximum atomic E-state index is 12.6. The second kappa shape index (κ2) is 4.68. The minimum atomic E-state index is 0. The smallest absolute Gasteiger partial charge is 0.226 e. The van der Waals surface area contributed by atoms with E-state index < -0.39 is 0 Å². The van der Waals surface area contributed by atoms with Gasteiger partial charge in [-0.05, 0) is 49.4 Å². The minimum Gasteiger partial charge on any atom is -0.342 e. The molecule has 2 atom stereocenters. The fraction of sp³-hybridized carbons (Fsp3) is 0.929. The molecule has 1 N–H and O–H groups in total. The van der Waals surface area contributed by atoms with Crippen molar-refractivity contribution in [1.29, 1.82) is 0 Å². The number of nitrogens with zero attached hydrogens (tertiary/aromatic N) is 1. The first-order chi connectivity index (χ1) is 8.33. The van der Waals surface area contributed by atoms with Crippen LogP contribution in [0, 0.1) is 29.6 Å². The van der Waals surface area contributed by atoms with Crippen molar-refractivity contribution < 1.29 is 4.79 Å². The lowest BCUT2D eigenvalue weighted by atomic mass is 9.96. The molecule has 2 aliphatic heterocycles. The fourth-order valence-corrected chi connectivity index (χ4v) is 3.95. The summed E-state index contributed by atoms with van der Waals surface area (Å²) in [6.07, 6.45) is 5.26. The number of fused-ring (bicyclic) bond motifs is 1. The molecule has 1 amide bonds. The van der Waals surface area contributed by atoms with E-state index in [1.165, 1.54) is 25.7 Å². The Bertz CT molecular complexity index is 317. The van der Waals surface area contributed by atoms with Gasteiger partial charge >= 0.3 is 0 Å². The van der Waals surface area contributed by atoms with Crippen molar-refractivity contribution in [3.8, 4) is 0 Å². The molecule has 0 radical (unpaired) electrons. The molecule has 0 aromatic rings. The molecular formula is C14H23ClN2O. The Morgan fingerprint density at radius 2 is 1.50 bits per heavy atom. The van der Waals surface area contributed by atoms with Crippen molar-refractivity contribution in [2.45, 2.75) is 25.7 Å². The summed E-state index contributed by atoms with van der Waals surface area (Å²) in [7, 11) is 0. The number of carbonyl (C=O) groups is 1. The van der Waals surface area contributed by atoms with Crippen molar-refractivity contribution >= 4 is 18.3 Å². The van der Waals surface area contributed by atoms with Crippen LogP contribution in [0.25, 0.3) is 0 Å². The summed E-state index contributed by atoms with van der Waals surface area (Å²) in [4.78, 5) is 14.9. The summed E-state index contributed by atoms with van der Waals surface area (Å²) >= 11 is 0. The third kappa shape index (κ3) is 2.16. The maximum absolute atomic E-state index is 12.6. The Labute approximate surface area is 115 Å². The first kappa shape index (κ1) is 12.7. The van der Waals surface area contributed by atoms with Crippen LogP contribution in [0.1, 0.15) is 25.7 Å². The van der Waals surface area contributed by atoms with Crippen molar-refractivity contribution in [1.82, 2.24) is 10.2 Å². The summed E-state index contributed by atoms with van der Waals surface area (Å²) in [6, 6.07) is 0. The summed E-state index contributed by atoms with van der Waals surface area (Å²) in [6.45, 7) is 4.33. The largest absolute Gasteiger partial charge is 0.342 e. The summed E-state index contributed by atoms with van der Waals surface area (Å²) < 4.78 is 0. The number of amides is 1. The van der Waals surface area contributed by atoms with Crippen molar-refractivity contribution in [3.05, 3.63) is 0 Å². The molecule has 102 valence electrons. The molecule has 4 rings (SSSR count). The number of hydrogen-bond acceptors (Lipinski definition) is 2. The van der Waals surface area contributed by atoms with Gasteiger partial charge in [0.15, 0.2) is 0 Å². The van der Waals surface area contributed by atoms with Gasteiger partial charge in [-0.15, -0.1) is 12.4 Å². The van der Waals surface area contributed by atoms with E-state index >= 15 is 0 Å². The van der Waals surface area contributed by atoms with Crippen molar-refractivity contribution in [2.75, 3.05) is 26.2 Å². The molecule has 2 heterocycles. The number of nitrogens with one attached hydrogen (secondary N) is 1. The second-order valence-electron chi connectivity index (χ2n) is 6.62. The van der Waals surface area contributed by atoms with Crippen LogP contribution in [-0.2, 0) is 4.79 Å². The van der Waals surface area contributed by atoms with Gasteiger partial charge in [0.2, 0.25) is 5.91 Å². The lowest BCUT2D eigenvalue weighted by Crippen LogP contribution is -2.38. The normalized spacial score (nSPS) is 34.6. The molecule has 0 aromatic heterocycles. The van der Waals surface area contributed by atoms with E-state index in [4.69, 9.17) is 0 Å². The Morgan fingerprint density at radius 1 is 1.00 bits per heavy atom. The number of halogens is 1. The zero-order chi connectivity index (χ0) is 11.4. The van der Waals surface area contributed by atoms with Crippen LogP contribution in [0.2, 0.25) is 0 Å². The zero-order valence-corrected chi connectivity index (χ0v) is 11.6. The molecule has 2 aliphatic carbocycles. The second-order valence-corrected chi connectivity index (χ2v) is 6.62. The SMILES string of the molecule is Cl.O=C(C(C1CC1)C1CC1)N1C[C@H]2CNC[C@H]2C1. The molecule has 4 heteroatoms. The monoisotopic (exact) mass is 270 g/mol. The Balaban J connectivity index is 0.000001000. The lowest BCUT2D eigenvalue weighted by Gasteiger charge is -2.24. The Morgan fingerprint density at radius 3 is 1.94 bits per heavy atom. The van der Waals surface area contributed by atoms with Gasteiger partial charge in [-0.2, -0.15) is 0 Å². The van der Waals surface area contributed by atoms with E-state index in [0.717, 1.165) is 49.9 Å². The van der Waals surface area contributed by atoms with Crippen LogP contribution < -0.4 is 5.32 Å². The minimum absolute atomic E-state index is 0. The predicted molar refractivity (Wildman–Crippen MR) is 72.6 cm³/mol. The topological polar surface area (TPSA) is 32.3 Å². The van der Waals surface area contributed by atoms with Gasteiger partial charge in [0, 0.05) is 32.1 Å². The van der Waals surface area contributed by atoms with Crippen molar-refractivity contribution in [2.24, 2.45) is 29.6 Å². The van der Waals surface area contributed by atoms with Gasteiger partial charge in [-0.1, -0.05) is 0 Å². The molecule has 0 unspecified atom stereocenters. The average molecular weight is 271 g/mol. The lowest BCUT2D eigenvalue weighted by molar-refractivity contribution is -0.136. The highest BCUT2D eigenvalue weighted by Gasteiger charge is 2.49. The van der Waals surface area contributed by atoms with Gasteiger partial charge < -0.3 is 10.2 Å². The van der Waals surface area contributed by atoms with Gasteiger partial charge in [0.1, 0.15) is 0 Å². The number of rotatable bonds is 3. The Hall–Kier alpha value is -0.280. The molecule has 2 saturated carbocycles. The first-order valence-corrected chi connectivity index (χ1v) is 7.32. The molecule has 0 aromatic carbocycles. The number of hydrogen-bond donors (Lipinski definition) is 1. The van der Waals surface area contributed by atoms with Crippen LogP contribution in [0.3, 0.4) is 0 Å². The highest BCUT2D eigenvalue weighted by Crippen LogP contribution is 2.50. The van der Waals surface area contributed by atoms with E-state index in [-0.39, 0.29) is 12.4 Å². The van der Waals surface area contributed by atoms with Gasteiger partial charge in [0.25, 0.3) is 0 Å². The van der Waals surface area contributed by atoms with E-state index in [2.05, 4.69) is 10.2 Å². The van der Waals surface area contributed by atoms with Crippen LogP contribution in [0.5, 0.6) is 0 Å². The van der Waals surface area contributed by atoms with Crippen LogP contribution in [0.15, 0.2) is 0 Å². The summed E-state index contributed by atoms with van der Waals surface area (Å²) in [5.41, 5.74) is 0. The third-order valence-electron chi connectivity index (χ3n) is 5.25. The van der Waals surface area contributed by atoms with E-state index in [9.17, 15) is 4.79 Å².